The maximum absolute atomic E-state index is 12.8. The number of rotatable bonds is 5. The van der Waals surface area contributed by atoms with Gasteiger partial charge in [-0.15, -0.1) is 0 Å². The lowest BCUT2D eigenvalue weighted by Crippen LogP contribution is -2.12. The molecule has 1 rings (SSSR count). The summed E-state index contributed by atoms with van der Waals surface area (Å²) in [6, 6.07) is 5.67. The standard InChI is InChI=1S/C12H14FNO3/c1-2-16-12(15)7-10(14)8-17-11-5-3-4-9(13)6-11/h3-7H,2,8,14H2,1H3/b10-7-. The van der Waals surface area contributed by atoms with E-state index >= 15 is 0 Å². The van der Waals surface area contributed by atoms with Gasteiger partial charge in [-0.2, -0.15) is 0 Å². The highest BCUT2D eigenvalue weighted by Gasteiger charge is 2.01. The summed E-state index contributed by atoms with van der Waals surface area (Å²) in [7, 11) is 0. The molecule has 1 aromatic rings. The Hall–Kier alpha value is -2.04. The van der Waals surface area contributed by atoms with Crippen molar-refractivity contribution in [3.63, 3.8) is 0 Å². The van der Waals surface area contributed by atoms with Crippen molar-refractivity contribution in [2.75, 3.05) is 13.2 Å². The second kappa shape index (κ2) is 6.52. The molecule has 0 fully saturated rings. The molecule has 0 aliphatic carbocycles. The molecule has 0 heterocycles. The normalized spacial score (nSPS) is 11.1. The van der Waals surface area contributed by atoms with Crippen LogP contribution in [0.3, 0.4) is 0 Å². The molecule has 0 radical (unpaired) electrons. The third-order valence-corrected chi connectivity index (χ3v) is 1.79. The van der Waals surface area contributed by atoms with E-state index in [2.05, 4.69) is 4.74 Å². The van der Waals surface area contributed by atoms with Crippen molar-refractivity contribution < 1.29 is 18.7 Å². The van der Waals surface area contributed by atoms with E-state index in [0.717, 1.165) is 6.08 Å². The summed E-state index contributed by atoms with van der Waals surface area (Å²) < 4.78 is 22.7. The topological polar surface area (TPSA) is 61.5 Å². The molecule has 17 heavy (non-hydrogen) atoms. The van der Waals surface area contributed by atoms with Gasteiger partial charge >= 0.3 is 5.97 Å². The van der Waals surface area contributed by atoms with Gasteiger partial charge in [-0.05, 0) is 19.1 Å². The number of hydrogen-bond donors (Lipinski definition) is 1. The van der Waals surface area contributed by atoms with E-state index < -0.39 is 11.8 Å². The largest absolute Gasteiger partial charge is 0.487 e. The molecular weight excluding hydrogens is 225 g/mol. The van der Waals surface area contributed by atoms with Crippen LogP contribution in [-0.2, 0) is 9.53 Å². The van der Waals surface area contributed by atoms with Gasteiger partial charge in [0.2, 0.25) is 0 Å². The average molecular weight is 239 g/mol. The molecule has 0 aromatic heterocycles. The molecule has 0 atom stereocenters. The Morgan fingerprint density at radius 3 is 2.94 bits per heavy atom. The first-order valence-corrected chi connectivity index (χ1v) is 5.13. The summed E-state index contributed by atoms with van der Waals surface area (Å²) in [6.07, 6.45) is 1.14. The van der Waals surface area contributed by atoms with Crippen LogP contribution in [0.15, 0.2) is 36.0 Å². The van der Waals surface area contributed by atoms with E-state index in [-0.39, 0.29) is 18.9 Å². The van der Waals surface area contributed by atoms with Gasteiger partial charge in [-0.25, -0.2) is 9.18 Å². The minimum atomic E-state index is -0.521. The average Bonchev–Trinajstić information content (AvgIpc) is 2.27. The first-order chi connectivity index (χ1) is 8.11. The molecule has 0 bridgehead atoms. The second-order valence-corrected chi connectivity index (χ2v) is 3.22. The summed E-state index contributed by atoms with van der Waals surface area (Å²) >= 11 is 0. The maximum atomic E-state index is 12.8. The number of benzene rings is 1. The number of halogens is 1. The minimum Gasteiger partial charge on any atom is -0.487 e. The Morgan fingerprint density at radius 1 is 1.53 bits per heavy atom. The van der Waals surface area contributed by atoms with E-state index in [1.807, 2.05) is 0 Å². The molecule has 0 saturated heterocycles. The fourth-order valence-electron chi connectivity index (χ4n) is 1.10. The molecule has 2 N–H and O–H groups in total. The number of carbonyl (C=O) groups is 1. The van der Waals surface area contributed by atoms with Crippen LogP contribution in [0, 0.1) is 5.82 Å². The molecule has 0 aliphatic rings. The fourth-order valence-corrected chi connectivity index (χ4v) is 1.10. The van der Waals surface area contributed by atoms with E-state index in [1.165, 1.54) is 18.2 Å². The molecule has 0 amide bonds. The van der Waals surface area contributed by atoms with Crippen LogP contribution in [-0.4, -0.2) is 19.2 Å². The maximum Gasteiger partial charge on any atom is 0.332 e. The highest BCUT2D eigenvalue weighted by Crippen LogP contribution is 2.12. The van der Waals surface area contributed by atoms with E-state index in [4.69, 9.17) is 10.5 Å². The van der Waals surface area contributed by atoms with Gasteiger partial charge in [-0.1, -0.05) is 6.07 Å². The van der Waals surface area contributed by atoms with Crippen LogP contribution in [0.5, 0.6) is 5.75 Å². The zero-order valence-electron chi connectivity index (χ0n) is 9.48. The van der Waals surface area contributed by atoms with Crippen molar-refractivity contribution in [2.24, 2.45) is 5.73 Å². The Bertz CT molecular complexity index is 418. The third kappa shape index (κ3) is 5.01. The van der Waals surface area contributed by atoms with Crippen LogP contribution in [0.2, 0.25) is 0 Å². The molecule has 0 aliphatic heterocycles. The van der Waals surface area contributed by atoms with Crippen LogP contribution < -0.4 is 10.5 Å². The lowest BCUT2D eigenvalue weighted by Gasteiger charge is -2.06. The smallest absolute Gasteiger partial charge is 0.332 e. The summed E-state index contributed by atoms with van der Waals surface area (Å²) in [6.45, 7) is 1.99. The van der Waals surface area contributed by atoms with Gasteiger partial charge in [0, 0.05) is 12.1 Å². The number of hydrogen-bond acceptors (Lipinski definition) is 4. The van der Waals surface area contributed by atoms with Crippen molar-refractivity contribution in [3.05, 3.63) is 41.9 Å². The van der Waals surface area contributed by atoms with E-state index in [0.29, 0.717) is 5.75 Å². The van der Waals surface area contributed by atoms with Crippen molar-refractivity contribution in [2.45, 2.75) is 6.92 Å². The monoisotopic (exact) mass is 239 g/mol. The Kier molecular flexibility index (Phi) is 5.00. The Balaban J connectivity index is 2.48. The summed E-state index contributed by atoms with van der Waals surface area (Å²) in [4.78, 5) is 11.0. The Morgan fingerprint density at radius 2 is 2.29 bits per heavy atom. The zero-order chi connectivity index (χ0) is 12.7. The summed E-state index contributed by atoms with van der Waals surface area (Å²) in [5.74, 6) is -0.562. The molecule has 0 saturated carbocycles. The van der Waals surface area contributed by atoms with Gasteiger partial charge in [-0.3, -0.25) is 0 Å². The SMILES string of the molecule is CCOC(=O)/C=C(\N)COc1cccc(F)c1. The lowest BCUT2D eigenvalue weighted by molar-refractivity contribution is -0.137. The van der Waals surface area contributed by atoms with Crippen molar-refractivity contribution in [1.82, 2.24) is 0 Å². The molecule has 5 heteroatoms. The van der Waals surface area contributed by atoms with Gasteiger partial charge in [0.1, 0.15) is 18.2 Å². The van der Waals surface area contributed by atoms with Gasteiger partial charge in [0.25, 0.3) is 0 Å². The molecule has 4 nitrogen and oxygen atoms in total. The van der Waals surface area contributed by atoms with Crippen molar-refractivity contribution >= 4 is 5.97 Å². The number of esters is 1. The van der Waals surface area contributed by atoms with Crippen LogP contribution in [0.1, 0.15) is 6.92 Å². The van der Waals surface area contributed by atoms with Crippen LogP contribution in [0.4, 0.5) is 4.39 Å². The molecular formula is C12H14FNO3. The highest BCUT2D eigenvalue weighted by atomic mass is 19.1. The van der Waals surface area contributed by atoms with E-state index in [9.17, 15) is 9.18 Å². The second-order valence-electron chi connectivity index (χ2n) is 3.22. The quantitative estimate of drug-likeness (QED) is 0.626. The number of ether oxygens (including phenoxy) is 2. The third-order valence-electron chi connectivity index (χ3n) is 1.79. The first kappa shape index (κ1) is 13.0. The van der Waals surface area contributed by atoms with Crippen molar-refractivity contribution in [1.29, 1.82) is 0 Å². The van der Waals surface area contributed by atoms with E-state index in [1.54, 1.807) is 13.0 Å². The molecule has 1 aromatic carbocycles. The first-order valence-electron chi connectivity index (χ1n) is 5.13. The predicted molar refractivity (Wildman–Crippen MR) is 60.8 cm³/mol. The number of carbonyl (C=O) groups excluding carboxylic acids is 1. The zero-order valence-corrected chi connectivity index (χ0v) is 9.48. The van der Waals surface area contributed by atoms with Gasteiger partial charge < -0.3 is 15.2 Å². The molecule has 0 unspecified atom stereocenters. The van der Waals surface area contributed by atoms with Crippen molar-refractivity contribution in [3.8, 4) is 5.75 Å². The minimum absolute atomic E-state index is 0.00225. The lowest BCUT2D eigenvalue weighted by atomic mass is 10.3. The predicted octanol–water partition coefficient (Wildman–Crippen LogP) is 1.61. The number of nitrogens with two attached hydrogens (primary N) is 1. The highest BCUT2D eigenvalue weighted by molar-refractivity contribution is 5.82. The van der Waals surface area contributed by atoms with Crippen LogP contribution >= 0.6 is 0 Å². The summed E-state index contributed by atoms with van der Waals surface area (Å²) in [5.41, 5.74) is 5.75. The fraction of sp³-hybridized carbons (Fsp3) is 0.250. The summed E-state index contributed by atoms with van der Waals surface area (Å²) in [5, 5.41) is 0. The molecule has 0 spiro atoms. The Labute approximate surface area is 98.8 Å². The van der Waals surface area contributed by atoms with Gasteiger partial charge in [0.15, 0.2) is 0 Å². The van der Waals surface area contributed by atoms with Gasteiger partial charge in [0.05, 0.1) is 12.3 Å². The van der Waals surface area contributed by atoms with Crippen LogP contribution in [0.25, 0.3) is 0 Å². The molecule has 92 valence electrons.